The summed E-state index contributed by atoms with van der Waals surface area (Å²) in [4.78, 5) is 25.7. The Morgan fingerprint density at radius 1 is 1.13 bits per heavy atom. The maximum atomic E-state index is 12.1. The van der Waals surface area contributed by atoms with Crippen LogP contribution in [0.25, 0.3) is 0 Å². The SMILES string of the molecule is C[C@H]1CCCC[C@@H]1NC(=O)Nc1ccc(N2CCCC2=O)cc1. The first kappa shape index (κ1) is 15.8. The van der Waals surface area contributed by atoms with Crippen molar-refractivity contribution in [2.75, 3.05) is 16.8 Å². The summed E-state index contributed by atoms with van der Waals surface area (Å²) in [6, 6.07) is 7.61. The van der Waals surface area contributed by atoms with Crippen molar-refractivity contribution in [1.29, 1.82) is 0 Å². The van der Waals surface area contributed by atoms with Gasteiger partial charge >= 0.3 is 6.03 Å². The topological polar surface area (TPSA) is 61.4 Å². The largest absolute Gasteiger partial charge is 0.335 e. The van der Waals surface area contributed by atoms with E-state index in [0.717, 1.165) is 30.8 Å². The van der Waals surface area contributed by atoms with Gasteiger partial charge in [-0.25, -0.2) is 4.79 Å². The van der Waals surface area contributed by atoms with Crippen molar-refractivity contribution in [2.45, 2.75) is 51.5 Å². The molecular weight excluding hydrogens is 290 g/mol. The first-order valence-electron chi connectivity index (χ1n) is 8.61. The Balaban J connectivity index is 1.55. The number of carbonyl (C=O) groups is 2. The molecule has 3 rings (SSSR count). The lowest BCUT2D eigenvalue weighted by Gasteiger charge is -2.29. The normalized spacial score (nSPS) is 24.6. The minimum absolute atomic E-state index is 0.145. The molecule has 5 nitrogen and oxygen atoms in total. The van der Waals surface area contributed by atoms with Gasteiger partial charge in [0.2, 0.25) is 5.91 Å². The Hall–Kier alpha value is -2.04. The van der Waals surface area contributed by atoms with Crippen molar-refractivity contribution >= 4 is 23.3 Å². The third-order valence-corrected chi connectivity index (χ3v) is 4.94. The van der Waals surface area contributed by atoms with Crippen molar-refractivity contribution in [3.8, 4) is 0 Å². The molecule has 2 N–H and O–H groups in total. The summed E-state index contributed by atoms with van der Waals surface area (Å²) in [5.41, 5.74) is 1.65. The molecule has 1 saturated carbocycles. The predicted octanol–water partition coefficient (Wildman–Crippen LogP) is 3.51. The second-order valence-electron chi connectivity index (χ2n) is 6.66. The first-order valence-corrected chi connectivity index (χ1v) is 8.61. The lowest BCUT2D eigenvalue weighted by Crippen LogP contribution is -2.43. The van der Waals surface area contributed by atoms with Gasteiger partial charge in [0.25, 0.3) is 0 Å². The van der Waals surface area contributed by atoms with Crippen LogP contribution in [0, 0.1) is 5.92 Å². The summed E-state index contributed by atoms with van der Waals surface area (Å²) < 4.78 is 0. The third-order valence-electron chi connectivity index (χ3n) is 4.94. The molecule has 5 heteroatoms. The minimum Gasteiger partial charge on any atom is -0.335 e. The Kier molecular flexibility index (Phi) is 4.84. The molecule has 0 radical (unpaired) electrons. The van der Waals surface area contributed by atoms with Crippen LogP contribution in [0.4, 0.5) is 16.2 Å². The molecule has 1 heterocycles. The van der Waals surface area contributed by atoms with Gasteiger partial charge in [-0.05, 0) is 49.4 Å². The van der Waals surface area contributed by atoms with Crippen molar-refractivity contribution in [2.24, 2.45) is 5.92 Å². The second kappa shape index (κ2) is 7.02. The lowest BCUT2D eigenvalue weighted by atomic mass is 9.86. The number of amides is 3. The zero-order valence-corrected chi connectivity index (χ0v) is 13.7. The van der Waals surface area contributed by atoms with E-state index in [2.05, 4.69) is 17.6 Å². The Bertz CT molecular complexity index is 570. The van der Waals surface area contributed by atoms with E-state index in [1.54, 1.807) is 4.90 Å². The number of carbonyl (C=O) groups excluding carboxylic acids is 2. The van der Waals surface area contributed by atoms with Crippen LogP contribution in [0.3, 0.4) is 0 Å². The molecule has 124 valence electrons. The van der Waals surface area contributed by atoms with Crippen molar-refractivity contribution in [3.05, 3.63) is 24.3 Å². The van der Waals surface area contributed by atoms with E-state index in [0.29, 0.717) is 12.3 Å². The standard InChI is InChI=1S/C18H25N3O2/c1-13-5-2-3-6-16(13)20-18(23)19-14-8-10-15(11-9-14)21-12-4-7-17(21)22/h8-11,13,16H,2-7,12H2,1H3,(H2,19,20,23)/t13-,16-/m0/s1. The average Bonchev–Trinajstić information content (AvgIpc) is 2.96. The average molecular weight is 315 g/mol. The molecule has 1 saturated heterocycles. The van der Waals surface area contributed by atoms with Crippen LogP contribution in [-0.4, -0.2) is 24.5 Å². The molecule has 1 aromatic rings. The van der Waals surface area contributed by atoms with Crippen molar-refractivity contribution in [1.82, 2.24) is 5.32 Å². The highest BCUT2D eigenvalue weighted by Gasteiger charge is 2.23. The van der Waals surface area contributed by atoms with Crippen LogP contribution in [0.5, 0.6) is 0 Å². The molecule has 2 atom stereocenters. The number of nitrogens with zero attached hydrogens (tertiary/aromatic N) is 1. The van der Waals surface area contributed by atoms with Crippen molar-refractivity contribution in [3.63, 3.8) is 0 Å². The van der Waals surface area contributed by atoms with Crippen LogP contribution >= 0.6 is 0 Å². The maximum absolute atomic E-state index is 12.1. The van der Waals surface area contributed by atoms with Gasteiger partial charge < -0.3 is 15.5 Å². The fourth-order valence-electron chi connectivity index (χ4n) is 3.51. The van der Waals surface area contributed by atoms with E-state index in [1.807, 2.05) is 24.3 Å². The fourth-order valence-corrected chi connectivity index (χ4v) is 3.51. The number of rotatable bonds is 3. The van der Waals surface area contributed by atoms with Gasteiger partial charge in [-0.3, -0.25) is 4.79 Å². The number of anilines is 2. The Morgan fingerprint density at radius 2 is 1.87 bits per heavy atom. The van der Waals surface area contributed by atoms with Gasteiger partial charge in [0.05, 0.1) is 0 Å². The van der Waals surface area contributed by atoms with Crippen LogP contribution in [0.2, 0.25) is 0 Å². The van der Waals surface area contributed by atoms with Crippen LogP contribution in [0.15, 0.2) is 24.3 Å². The van der Waals surface area contributed by atoms with Gasteiger partial charge in [0, 0.05) is 30.4 Å². The number of hydrogen-bond donors (Lipinski definition) is 2. The van der Waals surface area contributed by atoms with Gasteiger partial charge in [0.1, 0.15) is 0 Å². The number of hydrogen-bond acceptors (Lipinski definition) is 2. The van der Waals surface area contributed by atoms with Gasteiger partial charge in [-0.1, -0.05) is 19.8 Å². The maximum Gasteiger partial charge on any atom is 0.319 e. The van der Waals surface area contributed by atoms with Crippen LogP contribution < -0.4 is 15.5 Å². The quantitative estimate of drug-likeness (QED) is 0.896. The third kappa shape index (κ3) is 3.84. The van der Waals surface area contributed by atoms with E-state index >= 15 is 0 Å². The molecule has 0 bridgehead atoms. The summed E-state index contributed by atoms with van der Waals surface area (Å²) in [6.45, 7) is 2.98. The summed E-state index contributed by atoms with van der Waals surface area (Å²) in [5, 5.41) is 5.96. The van der Waals surface area contributed by atoms with E-state index < -0.39 is 0 Å². The summed E-state index contributed by atoms with van der Waals surface area (Å²) in [6.07, 6.45) is 6.24. The minimum atomic E-state index is -0.145. The number of urea groups is 1. The molecule has 1 aliphatic carbocycles. The smallest absolute Gasteiger partial charge is 0.319 e. The highest BCUT2D eigenvalue weighted by molar-refractivity contribution is 5.96. The molecular formula is C18H25N3O2. The fraction of sp³-hybridized carbons (Fsp3) is 0.556. The molecule has 2 aliphatic rings. The lowest BCUT2D eigenvalue weighted by molar-refractivity contribution is -0.117. The van der Waals surface area contributed by atoms with Gasteiger partial charge in [0.15, 0.2) is 0 Å². The summed E-state index contributed by atoms with van der Waals surface area (Å²) in [5.74, 6) is 0.716. The van der Waals surface area contributed by atoms with E-state index in [1.165, 1.54) is 19.3 Å². The highest BCUT2D eigenvalue weighted by Crippen LogP contribution is 2.25. The first-order chi connectivity index (χ1) is 11.1. The van der Waals surface area contributed by atoms with E-state index in [9.17, 15) is 9.59 Å². The molecule has 0 spiro atoms. The second-order valence-corrected chi connectivity index (χ2v) is 6.66. The Morgan fingerprint density at radius 3 is 2.52 bits per heavy atom. The van der Waals surface area contributed by atoms with E-state index in [-0.39, 0.29) is 18.0 Å². The number of benzene rings is 1. The highest BCUT2D eigenvalue weighted by atomic mass is 16.2. The molecule has 23 heavy (non-hydrogen) atoms. The molecule has 0 unspecified atom stereocenters. The zero-order chi connectivity index (χ0) is 16.2. The molecule has 1 aliphatic heterocycles. The molecule has 3 amide bonds. The van der Waals surface area contributed by atoms with Gasteiger partial charge in [-0.2, -0.15) is 0 Å². The van der Waals surface area contributed by atoms with Crippen LogP contribution in [-0.2, 0) is 4.79 Å². The molecule has 0 aromatic heterocycles. The molecule has 2 fully saturated rings. The monoisotopic (exact) mass is 315 g/mol. The van der Waals surface area contributed by atoms with Crippen molar-refractivity contribution < 1.29 is 9.59 Å². The Labute approximate surface area is 137 Å². The van der Waals surface area contributed by atoms with E-state index in [4.69, 9.17) is 0 Å². The predicted molar refractivity (Wildman–Crippen MR) is 91.6 cm³/mol. The molecule has 1 aromatic carbocycles. The number of nitrogens with one attached hydrogen (secondary N) is 2. The van der Waals surface area contributed by atoms with Gasteiger partial charge in [-0.15, -0.1) is 0 Å². The summed E-state index contributed by atoms with van der Waals surface area (Å²) in [7, 11) is 0. The van der Waals surface area contributed by atoms with Crippen LogP contribution in [0.1, 0.15) is 45.4 Å². The summed E-state index contributed by atoms with van der Waals surface area (Å²) >= 11 is 0. The zero-order valence-electron chi connectivity index (χ0n) is 13.7.